The minimum atomic E-state index is -0.880. The van der Waals surface area contributed by atoms with Gasteiger partial charge in [0.1, 0.15) is 11.9 Å². The van der Waals surface area contributed by atoms with Gasteiger partial charge in [0.15, 0.2) is 5.76 Å². The summed E-state index contributed by atoms with van der Waals surface area (Å²) in [5, 5.41) is 7.56. The van der Waals surface area contributed by atoms with E-state index in [9.17, 15) is 18.8 Å². The van der Waals surface area contributed by atoms with Gasteiger partial charge in [-0.05, 0) is 54.1 Å². The number of amides is 3. The van der Waals surface area contributed by atoms with E-state index in [-0.39, 0.29) is 36.6 Å². The molecule has 2 aromatic heterocycles. The zero-order valence-corrected chi connectivity index (χ0v) is 20.1. The molecule has 4 rings (SSSR count). The quantitative estimate of drug-likeness (QED) is 0.458. The summed E-state index contributed by atoms with van der Waals surface area (Å²) in [4.78, 5) is 41.5. The maximum absolute atomic E-state index is 13.6. The summed E-state index contributed by atoms with van der Waals surface area (Å²) >= 11 is 1.39. The second-order valence-electron chi connectivity index (χ2n) is 8.57. The molecule has 3 amide bonds. The fraction of sp³-hybridized carbons (Fsp3) is 0.346. The Labute approximate surface area is 207 Å². The van der Waals surface area contributed by atoms with Gasteiger partial charge in [-0.1, -0.05) is 37.5 Å². The molecule has 0 spiro atoms. The second-order valence-corrected chi connectivity index (χ2v) is 9.55. The van der Waals surface area contributed by atoms with Gasteiger partial charge in [-0.15, -0.1) is 11.3 Å². The number of furan rings is 1. The summed E-state index contributed by atoms with van der Waals surface area (Å²) in [6.45, 7) is -0.240. The van der Waals surface area contributed by atoms with Gasteiger partial charge in [-0.2, -0.15) is 0 Å². The molecule has 7 nitrogen and oxygen atoms in total. The van der Waals surface area contributed by atoms with E-state index in [0.29, 0.717) is 10.4 Å². The van der Waals surface area contributed by atoms with Gasteiger partial charge in [0.2, 0.25) is 11.8 Å². The number of nitrogens with zero attached hydrogens (tertiary/aromatic N) is 1. The molecule has 0 aliphatic heterocycles. The lowest BCUT2D eigenvalue weighted by molar-refractivity contribution is -0.141. The maximum Gasteiger partial charge on any atom is 0.287 e. The minimum absolute atomic E-state index is 0.0696. The zero-order chi connectivity index (χ0) is 24.6. The summed E-state index contributed by atoms with van der Waals surface area (Å²) in [5.74, 6) is -1.52. The van der Waals surface area contributed by atoms with E-state index in [1.807, 2.05) is 17.5 Å². The molecule has 1 aliphatic carbocycles. The molecule has 35 heavy (non-hydrogen) atoms. The number of nitrogens with one attached hydrogen (secondary N) is 2. The van der Waals surface area contributed by atoms with Crippen LogP contribution in [-0.4, -0.2) is 35.2 Å². The average molecular weight is 498 g/mol. The van der Waals surface area contributed by atoms with Gasteiger partial charge in [0, 0.05) is 17.5 Å². The van der Waals surface area contributed by atoms with Gasteiger partial charge in [0.25, 0.3) is 5.91 Å². The SMILES string of the molecule is O=C(NCC(=O)N(Cc1ccc(F)cc1)C(C(=O)NC1CCCCC1)c1cccs1)c1ccco1. The molecule has 1 aromatic carbocycles. The number of rotatable bonds is 9. The fourth-order valence-electron chi connectivity index (χ4n) is 4.26. The number of hydrogen-bond donors (Lipinski definition) is 2. The van der Waals surface area contributed by atoms with Crippen LogP contribution in [0.5, 0.6) is 0 Å². The Morgan fingerprint density at radius 1 is 1.06 bits per heavy atom. The Kier molecular flexibility index (Phi) is 8.31. The van der Waals surface area contributed by atoms with E-state index < -0.39 is 17.9 Å². The number of halogens is 1. The number of carbonyl (C=O) groups excluding carboxylic acids is 3. The van der Waals surface area contributed by atoms with Crippen molar-refractivity contribution in [2.24, 2.45) is 0 Å². The van der Waals surface area contributed by atoms with Crippen LogP contribution in [0.1, 0.15) is 59.1 Å². The molecule has 2 heterocycles. The molecule has 9 heteroatoms. The number of hydrogen-bond acceptors (Lipinski definition) is 5. The maximum atomic E-state index is 13.6. The van der Waals surface area contributed by atoms with Crippen molar-refractivity contribution in [2.45, 2.75) is 50.7 Å². The van der Waals surface area contributed by atoms with Crippen LogP contribution in [0.4, 0.5) is 4.39 Å². The van der Waals surface area contributed by atoms with E-state index in [2.05, 4.69) is 10.6 Å². The molecule has 1 aliphatic rings. The van der Waals surface area contributed by atoms with Gasteiger partial charge < -0.3 is 20.0 Å². The van der Waals surface area contributed by atoms with Gasteiger partial charge in [0.05, 0.1) is 12.8 Å². The lowest BCUT2D eigenvalue weighted by atomic mass is 9.95. The minimum Gasteiger partial charge on any atom is -0.459 e. The Balaban J connectivity index is 1.58. The lowest BCUT2D eigenvalue weighted by Crippen LogP contribution is -2.48. The molecule has 1 fully saturated rings. The Morgan fingerprint density at radius 2 is 1.83 bits per heavy atom. The van der Waals surface area contributed by atoms with Crippen LogP contribution in [0.2, 0.25) is 0 Å². The molecule has 2 N–H and O–H groups in total. The van der Waals surface area contributed by atoms with E-state index in [4.69, 9.17) is 4.42 Å². The van der Waals surface area contributed by atoms with Crippen LogP contribution in [0.3, 0.4) is 0 Å². The van der Waals surface area contributed by atoms with Gasteiger partial charge in [-0.3, -0.25) is 14.4 Å². The van der Waals surface area contributed by atoms with Crippen molar-refractivity contribution < 1.29 is 23.2 Å². The standard InChI is InChI=1S/C26H28FN3O4S/c27-19-12-10-18(11-13-19)17-30(23(31)16-28-25(32)21-8-4-14-34-21)24(22-9-5-15-35-22)26(33)29-20-6-2-1-3-7-20/h4-5,8-15,20,24H,1-3,6-7,16-17H2,(H,28,32)(H,29,33). The third kappa shape index (κ3) is 6.57. The van der Waals surface area contributed by atoms with Crippen molar-refractivity contribution in [3.8, 4) is 0 Å². The highest BCUT2D eigenvalue weighted by Crippen LogP contribution is 2.29. The number of benzene rings is 1. The third-order valence-electron chi connectivity index (χ3n) is 6.06. The molecule has 1 atom stereocenters. The predicted octanol–water partition coefficient (Wildman–Crippen LogP) is 4.43. The van der Waals surface area contributed by atoms with Crippen LogP contribution < -0.4 is 10.6 Å². The summed E-state index contributed by atoms with van der Waals surface area (Å²) in [6, 6.07) is 11.7. The number of thiophene rings is 1. The molecular formula is C26H28FN3O4S. The van der Waals surface area contributed by atoms with Gasteiger partial charge >= 0.3 is 0 Å². The summed E-state index contributed by atoms with van der Waals surface area (Å²) < 4.78 is 18.6. The van der Waals surface area contributed by atoms with Gasteiger partial charge in [-0.25, -0.2) is 4.39 Å². The Bertz CT molecular complexity index is 1110. The summed E-state index contributed by atoms with van der Waals surface area (Å²) in [7, 11) is 0. The molecule has 3 aromatic rings. The lowest BCUT2D eigenvalue weighted by Gasteiger charge is -2.33. The van der Waals surface area contributed by atoms with Crippen LogP contribution >= 0.6 is 11.3 Å². The van der Waals surface area contributed by atoms with Crippen LogP contribution in [-0.2, 0) is 16.1 Å². The van der Waals surface area contributed by atoms with Crippen LogP contribution in [0, 0.1) is 5.82 Å². The first-order valence-electron chi connectivity index (χ1n) is 11.7. The van der Waals surface area contributed by atoms with E-state index in [1.54, 1.807) is 18.2 Å². The predicted molar refractivity (Wildman–Crippen MR) is 130 cm³/mol. The average Bonchev–Trinajstić information content (AvgIpc) is 3.59. The van der Waals surface area contributed by atoms with Crippen molar-refractivity contribution in [1.82, 2.24) is 15.5 Å². The fourth-order valence-corrected chi connectivity index (χ4v) is 5.10. The molecule has 184 valence electrons. The highest BCUT2D eigenvalue weighted by molar-refractivity contribution is 7.10. The molecule has 1 saturated carbocycles. The molecule has 0 bridgehead atoms. The van der Waals surface area contributed by atoms with Crippen molar-refractivity contribution in [3.05, 3.63) is 82.2 Å². The summed E-state index contributed by atoms with van der Waals surface area (Å²) in [6.07, 6.45) is 6.48. The summed E-state index contributed by atoms with van der Waals surface area (Å²) in [5.41, 5.74) is 0.670. The normalized spacial score (nSPS) is 14.8. The van der Waals surface area contributed by atoms with Crippen LogP contribution in [0.15, 0.2) is 64.6 Å². The van der Waals surface area contributed by atoms with Crippen LogP contribution in [0.25, 0.3) is 0 Å². The zero-order valence-electron chi connectivity index (χ0n) is 19.2. The van der Waals surface area contributed by atoms with Crippen molar-refractivity contribution in [3.63, 3.8) is 0 Å². The van der Waals surface area contributed by atoms with E-state index >= 15 is 0 Å². The first kappa shape index (κ1) is 24.7. The Morgan fingerprint density at radius 3 is 2.49 bits per heavy atom. The topological polar surface area (TPSA) is 91.7 Å². The molecule has 1 unspecified atom stereocenters. The van der Waals surface area contributed by atoms with E-state index in [1.165, 1.54) is 40.7 Å². The molecular weight excluding hydrogens is 469 g/mol. The highest BCUT2D eigenvalue weighted by Gasteiger charge is 2.34. The van der Waals surface area contributed by atoms with Crippen molar-refractivity contribution >= 4 is 29.1 Å². The molecule has 0 radical (unpaired) electrons. The van der Waals surface area contributed by atoms with Crippen molar-refractivity contribution in [1.29, 1.82) is 0 Å². The second kappa shape index (κ2) is 11.8. The monoisotopic (exact) mass is 497 g/mol. The Hall–Kier alpha value is -3.46. The highest BCUT2D eigenvalue weighted by atomic mass is 32.1. The molecule has 0 saturated heterocycles. The number of carbonyl (C=O) groups is 3. The largest absolute Gasteiger partial charge is 0.459 e. The first-order chi connectivity index (χ1) is 17.0. The smallest absolute Gasteiger partial charge is 0.287 e. The van der Waals surface area contributed by atoms with E-state index in [0.717, 1.165) is 32.1 Å². The first-order valence-corrected chi connectivity index (χ1v) is 12.6. The third-order valence-corrected chi connectivity index (χ3v) is 6.98. The van der Waals surface area contributed by atoms with Crippen molar-refractivity contribution in [2.75, 3.05) is 6.54 Å².